The van der Waals surface area contributed by atoms with Crippen LogP contribution in [0.4, 0.5) is 0 Å². The van der Waals surface area contributed by atoms with Crippen LogP contribution in [0.2, 0.25) is 0 Å². The summed E-state index contributed by atoms with van der Waals surface area (Å²) >= 11 is 0. The Morgan fingerprint density at radius 1 is 1.14 bits per heavy atom. The Bertz CT molecular complexity index is 657. The van der Waals surface area contributed by atoms with Crippen molar-refractivity contribution in [3.8, 4) is 0 Å². The van der Waals surface area contributed by atoms with Gasteiger partial charge in [-0.1, -0.05) is 51.9 Å². The number of carbonyl (C=O) groups excluding carboxylic acids is 1. The van der Waals surface area contributed by atoms with Crippen molar-refractivity contribution < 1.29 is 9.21 Å². The molecule has 120 valence electrons. The Hall–Kier alpha value is -1.91. The second kappa shape index (κ2) is 8.51. The van der Waals surface area contributed by atoms with Gasteiger partial charge in [-0.2, -0.15) is 4.57 Å². The molecule has 0 bridgehead atoms. The molecule has 0 atom stereocenters. The van der Waals surface area contributed by atoms with Gasteiger partial charge in [-0.15, -0.1) is 0 Å². The summed E-state index contributed by atoms with van der Waals surface area (Å²) in [6.07, 6.45) is 11.3. The van der Waals surface area contributed by atoms with Gasteiger partial charge in [-0.05, 0) is 18.6 Å². The van der Waals surface area contributed by atoms with E-state index in [2.05, 4.69) is 11.9 Å². The summed E-state index contributed by atoms with van der Waals surface area (Å²) in [5.41, 5.74) is 0.675. The number of rotatable bonds is 9. The lowest BCUT2D eigenvalue weighted by Gasteiger charge is -2.02. The SMILES string of the molecule is CCCCCCCCCCC(=O)n1c(=O)oc2cccnc21. The van der Waals surface area contributed by atoms with E-state index in [1.54, 1.807) is 18.3 Å². The molecule has 0 spiro atoms. The lowest BCUT2D eigenvalue weighted by atomic mass is 10.1. The molecule has 0 N–H and O–H groups in total. The number of aromatic nitrogens is 2. The zero-order valence-electron chi connectivity index (χ0n) is 13.2. The third-order valence-corrected chi connectivity index (χ3v) is 3.84. The molecule has 2 heterocycles. The van der Waals surface area contributed by atoms with E-state index in [-0.39, 0.29) is 5.91 Å². The van der Waals surface area contributed by atoms with Crippen LogP contribution in [0.3, 0.4) is 0 Å². The Kier molecular flexibility index (Phi) is 6.37. The van der Waals surface area contributed by atoms with Gasteiger partial charge in [0.25, 0.3) is 0 Å². The van der Waals surface area contributed by atoms with Crippen molar-refractivity contribution in [1.82, 2.24) is 9.55 Å². The van der Waals surface area contributed by atoms with E-state index >= 15 is 0 Å². The Balaban J connectivity index is 1.78. The van der Waals surface area contributed by atoms with Gasteiger partial charge in [0.05, 0.1) is 0 Å². The maximum Gasteiger partial charge on any atom is 0.428 e. The number of hydrogen-bond acceptors (Lipinski definition) is 4. The fourth-order valence-electron chi connectivity index (χ4n) is 2.60. The molecule has 0 amide bonds. The van der Waals surface area contributed by atoms with Crippen LogP contribution in [0.15, 0.2) is 27.5 Å². The molecule has 0 saturated heterocycles. The van der Waals surface area contributed by atoms with Gasteiger partial charge in [0, 0.05) is 12.6 Å². The smallest absolute Gasteiger partial charge is 0.406 e. The van der Waals surface area contributed by atoms with Crippen molar-refractivity contribution in [2.24, 2.45) is 0 Å². The summed E-state index contributed by atoms with van der Waals surface area (Å²) in [5, 5.41) is 0. The molecule has 0 fully saturated rings. The number of unbranched alkanes of at least 4 members (excludes halogenated alkanes) is 7. The van der Waals surface area contributed by atoms with E-state index in [4.69, 9.17) is 4.42 Å². The summed E-state index contributed by atoms with van der Waals surface area (Å²) < 4.78 is 6.08. The zero-order valence-corrected chi connectivity index (χ0v) is 13.2. The van der Waals surface area contributed by atoms with Gasteiger partial charge in [-0.3, -0.25) is 4.79 Å². The molecule has 2 aromatic rings. The molecular weight excluding hydrogens is 280 g/mol. The summed E-state index contributed by atoms with van der Waals surface area (Å²) in [6.45, 7) is 2.21. The lowest BCUT2D eigenvalue weighted by Crippen LogP contribution is -2.22. The Morgan fingerprint density at radius 3 is 2.55 bits per heavy atom. The highest BCUT2D eigenvalue weighted by atomic mass is 16.4. The van der Waals surface area contributed by atoms with Crippen molar-refractivity contribution in [1.29, 1.82) is 0 Å². The molecule has 0 aliphatic heterocycles. The van der Waals surface area contributed by atoms with Gasteiger partial charge in [0.2, 0.25) is 5.91 Å². The van der Waals surface area contributed by atoms with E-state index < -0.39 is 5.76 Å². The average Bonchev–Trinajstić information content (AvgIpc) is 2.85. The summed E-state index contributed by atoms with van der Waals surface area (Å²) in [5.74, 6) is -0.869. The van der Waals surface area contributed by atoms with Crippen LogP contribution < -0.4 is 5.76 Å². The second-order valence-electron chi connectivity index (χ2n) is 5.65. The van der Waals surface area contributed by atoms with E-state index in [0.717, 1.165) is 23.8 Å². The molecule has 0 saturated carbocycles. The van der Waals surface area contributed by atoms with Gasteiger partial charge in [-0.25, -0.2) is 9.78 Å². The van der Waals surface area contributed by atoms with Crippen molar-refractivity contribution >= 4 is 17.1 Å². The highest BCUT2D eigenvalue weighted by Gasteiger charge is 2.16. The minimum absolute atomic E-state index is 0.228. The first-order valence-electron chi connectivity index (χ1n) is 8.24. The lowest BCUT2D eigenvalue weighted by molar-refractivity contribution is 0.0895. The molecule has 5 heteroatoms. The van der Waals surface area contributed by atoms with Crippen LogP contribution >= 0.6 is 0 Å². The van der Waals surface area contributed by atoms with Crippen LogP contribution in [0.25, 0.3) is 11.2 Å². The summed E-state index contributed by atoms with van der Waals surface area (Å²) in [4.78, 5) is 28.0. The van der Waals surface area contributed by atoms with Gasteiger partial charge >= 0.3 is 5.76 Å². The largest absolute Gasteiger partial charge is 0.428 e. The highest BCUT2D eigenvalue weighted by molar-refractivity contribution is 5.87. The van der Waals surface area contributed by atoms with Crippen molar-refractivity contribution in [2.45, 2.75) is 64.7 Å². The first kappa shape index (κ1) is 16.5. The first-order valence-corrected chi connectivity index (χ1v) is 8.24. The molecule has 0 unspecified atom stereocenters. The predicted molar refractivity (Wildman–Crippen MR) is 86.1 cm³/mol. The zero-order chi connectivity index (χ0) is 15.8. The highest BCUT2D eigenvalue weighted by Crippen LogP contribution is 2.12. The monoisotopic (exact) mass is 304 g/mol. The summed E-state index contributed by atoms with van der Waals surface area (Å²) in [6, 6.07) is 3.32. The standard InChI is InChI=1S/C17H24N2O3/c1-2-3-4-5-6-7-8-9-12-15(20)19-16-14(22-17(19)21)11-10-13-18-16/h10-11,13H,2-9,12H2,1H3. The van der Waals surface area contributed by atoms with Crippen molar-refractivity contribution in [3.05, 3.63) is 28.9 Å². The third kappa shape index (κ3) is 4.29. The van der Waals surface area contributed by atoms with Crippen LogP contribution in [-0.4, -0.2) is 15.5 Å². The molecule has 22 heavy (non-hydrogen) atoms. The number of carbonyl (C=O) groups is 1. The average molecular weight is 304 g/mol. The first-order chi connectivity index (χ1) is 10.7. The molecule has 0 aliphatic rings. The Labute approximate surface area is 130 Å². The number of hydrogen-bond donors (Lipinski definition) is 0. The number of nitrogens with zero attached hydrogens (tertiary/aromatic N) is 2. The molecule has 2 aromatic heterocycles. The van der Waals surface area contributed by atoms with E-state index in [1.807, 2.05) is 0 Å². The fourth-order valence-corrected chi connectivity index (χ4v) is 2.60. The molecule has 2 rings (SSSR count). The summed E-state index contributed by atoms with van der Waals surface area (Å²) in [7, 11) is 0. The number of oxazole rings is 1. The molecule has 0 radical (unpaired) electrons. The third-order valence-electron chi connectivity index (χ3n) is 3.84. The second-order valence-corrected chi connectivity index (χ2v) is 5.65. The Morgan fingerprint density at radius 2 is 1.82 bits per heavy atom. The molecule has 0 aromatic carbocycles. The maximum atomic E-state index is 12.2. The van der Waals surface area contributed by atoms with Crippen LogP contribution in [-0.2, 0) is 0 Å². The van der Waals surface area contributed by atoms with E-state index in [0.29, 0.717) is 17.7 Å². The molecular formula is C17H24N2O3. The number of pyridine rings is 1. The minimum Gasteiger partial charge on any atom is -0.406 e. The van der Waals surface area contributed by atoms with Crippen molar-refractivity contribution in [2.75, 3.05) is 0 Å². The van der Waals surface area contributed by atoms with Gasteiger partial charge < -0.3 is 4.42 Å². The van der Waals surface area contributed by atoms with Gasteiger partial charge in [0.15, 0.2) is 11.2 Å². The predicted octanol–water partition coefficient (Wildman–Crippen LogP) is 4.16. The van der Waals surface area contributed by atoms with Crippen LogP contribution in [0, 0.1) is 0 Å². The maximum absolute atomic E-state index is 12.2. The fraction of sp³-hybridized carbons (Fsp3) is 0.588. The van der Waals surface area contributed by atoms with Crippen LogP contribution in [0.5, 0.6) is 0 Å². The van der Waals surface area contributed by atoms with E-state index in [1.165, 1.54) is 32.1 Å². The normalized spacial score (nSPS) is 11.1. The van der Waals surface area contributed by atoms with Gasteiger partial charge in [0.1, 0.15) is 0 Å². The topological polar surface area (TPSA) is 65.1 Å². The minimum atomic E-state index is -0.640. The number of fused-ring (bicyclic) bond motifs is 1. The van der Waals surface area contributed by atoms with Crippen LogP contribution in [0.1, 0.15) is 69.5 Å². The quantitative estimate of drug-likeness (QED) is 0.652. The van der Waals surface area contributed by atoms with Crippen molar-refractivity contribution in [3.63, 3.8) is 0 Å². The van der Waals surface area contributed by atoms with E-state index in [9.17, 15) is 9.59 Å². The molecule has 5 nitrogen and oxygen atoms in total. The molecule has 0 aliphatic carbocycles.